The van der Waals surface area contributed by atoms with Crippen molar-refractivity contribution in [3.05, 3.63) is 50.7 Å². The lowest BCUT2D eigenvalue weighted by Crippen LogP contribution is -2.30. The van der Waals surface area contributed by atoms with Crippen LogP contribution >= 0.6 is 23.2 Å². The van der Waals surface area contributed by atoms with E-state index in [1.54, 1.807) is 0 Å². The van der Waals surface area contributed by atoms with Crippen LogP contribution in [-0.2, 0) is 10.0 Å². The summed E-state index contributed by atoms with van der Waals surface area (Å²) in [6.45, 7) is 0. The van der Waals surface area contributed by atoms with Gasteiger partial charge < -0.3 is 5.73 Å². The molecule has 2 rings (SSSR count). The minimum absolute atomic E-state index is 0.0891. The summed E-state index contributed by atoms with van der Waals surface area (Å²) >= 11 is 11.5. The van der Waals surface area contributed by atoms with Crippen molar-refractivity contribution in [2.45, 2.75) is 4.90 Å². The summed E-state index contributed by atoms with van der Waals surface area (Å²) in [5.41, 5.74) is 3.82. The standard InChI is InChI=1S/C10H6Cl2FN3O3S/c11-5-2-1-3-6(12)8(5)20(18,19)16-4-7(13)9(14)15-10(16)17/h1-4H,(H2,14,15,17). The van der Waals surface area contributed by atoms with E-state index in [0.29, 0.717) is 6.20 Å². The van der Waals surface area contributed by atoms with Crippen LogP contribution in [-0.4, -0.2) is 17.4 Å². The highest BCUT2D eigenvalue weighted by atomic mass is 35.5. The molecule has 0 amide bonds. The molecule has 1 aromatic carbocycles. The zero-order chi connectivity index (χ0) is 15.1. The molecule has 0 unspecified atom stereocenters. The highest BCUT2D eigenvalue weighted by Gasteiger charge is 2.26. The van der Waals surface area contributed by atoms with E-state index >= 15 is 0 Å². The molecule has 0 aliphatic carbocycles. The fraction of sp³-hybridized carbons (Fsp3) is 0. The van der Waals surface area contributed by atoms with Crippen LogP contribution in [0.4, 0.5) is 10.2 Å². The molecule has 6 nitrogen and oxygen atoms in total. The van der Waals surface area contributed by atoms with Gasteiger partial charge in [-0.2, -0.15) is 8.96 Å². The number of benzene rings is 1. The van der Waals surface area contributed by atoms with Crippen molar-refractivity contribution in [1.82, 2.24) is 8.96 Å². The third kappa shape index (κ3) is 2.37. The summed E-state index contributed by atoms with van der Waals surface area (Å²) in [4.78, 5) is 14.1. The normalized spacial score (nSPS) is 11.6. The molecule has 0 atom stereocenters. The number of nitrogen functional groups attached to an aromatic ring is 1. The van der Waals surface area contributed by atoms with E-state index in [1.807, 2.05) is 0 Å². The Hall–Kier alpha value is -1.64. The number of nitrogens with two attached hydrogens (primary N) is 1. The summed E-state index contributed by atoms with van der Waals surface area (Å²) in [5, 5.41) is -0.414. The van der Waals surface area contributed by atoms with Crippen LogP contribution in [0, 0.1) is 5.82 Å². The van der Waals surface area contributed by atoms with Crippen molar-refractivity contribution in [1.29, 1.82) is 0 Å². The topological polar surface area (TPSA) is 95.0 Å². The van der Waals surface area contributed by atoms with Gasteiger partial charge in [-0.05, 0) is 12.1 Å². The fourth-order valence-corrected chi connectivity index (χ4v) is 3.72. The fourth-order valence-electron chi connectivity index (χ4n) is 1.43. The second-order valence-electron chi connectivity index (χ2n) is 3.61. The van der Waals surface area contributed by atoms with E-state index in [0.717, 1.165) is 0 Å². The van der Waals surface area contributed by atoms with Gasteiger partial charge in [0.25, 0.3) is 10.0 Å². The predicted octanol–water partition coefficient (Wildman–Crippen LogP) is 1.51. The minimum Gasteiger partial charge on any atom is -0.381 e. The van der Waals surface area contributed by atoms with Crippen molar-refractivity contribution in [3.63, 3.8) is 0 Å². The third-order valence-corrected chi connectivity index (χ3v) is 4.91. The number of aromatic nitrogens is 2. The smallest absolute Gasteiger partial charge is 0.363 e. The highest BCUT2D eigenvalue weighted by Crippen LogP contribution is 2.30. The first-order valence-electron chi connectivity index (χ1n) is 4.99. The van der Waals surface area contributed by atoms with Gasteiger partial charge in [0, 0.05) is 0 Å². The number of nitrogens with zero attached hydrogens (tertiary/aromatic N) is 2. The van der Waals surface area contributed by atoms with Crippen LogP contribution in [0.5, 0.6) is 0 Å². The second kappa shape index (κ2) is 5.04. The maximum Gasteiger partial charge on any atom is 0.363 e. The number of anilines is 1. The van der Waals surface area contributed by atoms with Crippen molar-refractivity contribution in [3.8, 4) is 0 Å². The molecule has 0 fully saturated rings. The Labute approximate surface area is 122 Å². The summed E-state index contributed by atoms with van der Waals surface area (Å²) < 4.78 is 38.0. The lowest BCUT2D eigenvalue weighted by Gasteiger charge is -2.10. The lowest BCUT2D eigenvalue weighted by molar-refractivity contribution is 0.572. The Morgan fingerprint density at radius 2 is 1.80 bits per heavy atom. The first-order valence-corrected chi connectivity index (χ1v) is 7.19. The van der Waals surface area contributed by atoms with E-state index in [-0.39, 0.29) is 14.0 Å². The molecule has 1 aromatic heterocycles. The van der Waals surface area contributed by atoms with Gasteiger partial charge in [0.15, 0.2) is 11.6 Å². The minimum atomic E-state index is -4.49. The van der Waals surface area contributed by atoms with Crippen molar-refractivity contribution in [2.24, 2.45) is 0 Å². The third-order valence-electron chi connectivity index (χ3n) is 2.32. The average molecular weight is 338 g/mol. The summed E-state index contributed by atoms with van der Waals surface area (Å²) in [7, 11) is -4.49. The van der Waals surface area contributed by atoms with Crippen LogP contribution in [0.1, 0.15) is 0 Å². The predicted molar refractivity (Wildman–Crippen MR) is 71.9 cm³/mol. The van der Waals surface area contributed by atoms with Gasteiger partial charge in [-0.15, -0.1) is 0 Å². The maximum absolute atomic E-state index is 13.3. The first-order chi connectivity index (χ1) is 9.25. The van der Waals surface area contributed by atoms with Gasteiger partial charge >= 0.3 is 5.69 Å². The highest BCUT2D eigenvalue weighted by molar-refractivity contribution is 7.90. The molecule has 20 heavy (non-hydrogen) atoms. The Balaban J connectivity index is 2.81. The molecule has 1 heterocycles. The van der Waals surface area contributed by atoms with Crippen molar-refractivity contribution >= 4 is 39.0 Å². The zero-order valence-corrected chi connectivity index (χ0v) is 11.9. The van der Waals surface area contributed by atoms with Crippen molar-refractivity contribution in [2.75, 3.05) is 5.73 Å². The van der Waals surface area contributed by atoms with Crippen LogP contribution in [0.25, 0.3) is 0 Å². The van der Waals surface area contributed by atoms with E-state index in [1.165, 1.54) is 18.2 Å². The Kier molecular flexibility index (Phi) is 3.72. The number of halogens is 3. The van der Waals surface area contributed by atoms with Crippen LogP contribution < -0.4 is 11.4 Å². The van der Waals surface area contributed by atoms with Gasteiger partial charge in [0.05, 0.1) is 16.2 Å². The molecule has 10 heteroatoms. The molecule has 0 radical (unpaired) electrons. The lowest BCUT2D eigenvalue weighted by atomic mass is 10.4. The molecule has 0 aliphatic rings. The monoisotopic (exact) mass is 337 g/mol. The Bertz CT molecular complexity index is 831. The number of rotatable bonds is 2. The van der Waals surface area contributed by atoms with E-state index in [4.69, 9.17) is 28.9 Å². The molecular weight excluding hydrogens is 332 g/mol. The maximum atomic E-state index is 13.3. The number of hydrogen-bond donors (Lipinski definition) is 1. The van der Waals surface area contributed by atoms with Crippen molar-refractivity contribution < 1.29 is 12.8 Å². The Morgan fingerprint density at radius 3 is 2.35 bits per heavy atom. The van der Waals surface area contributed by atoms with Crippen LogP contribution in [0.3, 0.4) is 0 Å². The quantitative estimate of drug-likeness (QED) is 0.896. The summed E-state index contributed by atoms with van der Waals surface area (Å²) in [6, 6.07) is 3.97. The van der Waals surface area contributed by atoms with E-state index in [9.17, 15) is 17.6 Å². The number of hydrogen-bond acceptors (Lipinski definition) is 5. The largest absolute Gasteiger partial charge is 0.381 e. The van der Waals surface area contributed by atoms with Gasteiger partial charge in [0.2, 0.25) is 0 Å². The van der Waals surface area contributed by atoms with Gasteiger partial charge in [-0.3, -0.25) is 0 Å². The molecule has 0 saturated carbocycles. The van der Waals surface area contributed by atoms with Crippen LogP contribution in [0.2, 0.25) is 10.0 Å². The molecule has 0 aliphatic heterocycles. The van der Waals surface area contributed by atoms with E-state index in [2.05, 4.69) is 4.98 Å². The summed E-state index contributed by atoms with van der Waals surface area (Å²) in [5.74, 6) is -1.86. The zero-order valence-electron chi connectivity index (χ0n) is 9.55. The SMILES string of the molecule is Nc1nc(=O)n(S(=O)(=O)c2c(Cl)cccc2Cl)cc1F. The molecule has 0 bridgehead atoms. The van der Waals surface area contributed by atoms with Gasteiger partial charge in [-0.1, -0.05) is 29.3 Å². The average Bonchev–Trinajstić information content (AvgIpc) is 2.33. The second-order valence-corrected chi connectivity index (χ2v) is 6.17. The summed E-state index contributed by atoms with van der Waals surface area (Å²) in [6.07, 6.45) is 0.416. The Morgan fingerprint density at radius 1 is 1.25 bits per heavy atom. The molecular formula is C10H6Cl2FN3O3S. The van der Waals surface area contributed by atoms with Gasteiger partial charge in [0.1, 0.15) is 4.90 Å². The molecule has 2 aromatic rings. The van der Waals surface area contributed by atoms with Gasteiger partial charge in [-0.25, -0.2) is 17.6 Å². The first kappa shape index (κ1) is 14.8. The molecule has 0 saturated heterocycles. The molecule has 2 N–H and O–H groups in total. The molecule has 106 valence electrons. The molecule has 0 spiro atoms. The van der Waals surface area contributed by atoms with E-state index < -0.39 is 32.2 Å². The van der Waals surface area contributed by atoms with Crippen LogP contribution in [0.15, 0.2) is 34.1 Å².